The van der Waals surface area contributed by atoms with Crippen molar-refractivity contribution in [3.05, 3.63) is 70.9 Å². The van der Waals surface area contributed by atoms with Crippen molar-refractivity contribution in [1.29, 1.82) is 0 Å². The van der Waals surface area contributed by atoms with E-state index in [4.69, 9.17) is 16.3 Å². The second-order valence-electron chi connectivity index (χ2n) is 9.34. The number of hydrogen-bond donors (Lipinski definition) is 1. The monoisotopic (exact) mass is 480 g/mol. The number of carboxylic acids is 1. The first kappa shape index (κ1) is 24.5. The molecule has 0 atom stereocenters. The number of pyridine rings is 1. The van der Waals surface area contributed by atoms with E-state index >= 15 is 0 Å². The van der Waals surface area contributed by atoms with E-state index in [-0.39, 0.29) is 0 Å². The van der Waals surface area contributed by atoms with Gasteiger partial charge in [-0.25, -0.2) is 0 Å². The highest BCUT2D eigenvalue weighted by molar-refractivity contribution is 6.32. The van der Waals surface area contributed by atoms with Crippen LogP contribution in [0, 0.1) is 5.41 Å². The number of methoxy groups -OCH3 is 1. The number of aliphatic carboxylic acids is 1. The largest absolute Gasteiger partial charge is 0.497 e. The number of benzene rings is 2. The molecule has 0 amide bonds. The van der Waals surface area contributed by atoms with Crippen molar-refractivity contribution >= 4 is 28.5 Å². The number of aryl methyl sites for hydroxylation is 2. The molecule has 1 aliphatic rings. The van der Waals surface area contributed by atoms with Crippen LogP contribution in [0.15, 0.2) is 54.7 Å². The highest BCUT2D eigenvalue weighted by Gasteiger charge is 2.40. The third-order valence-corrected chi connectivity index (χ3v) is 7.59. The summed E-state index contributed by atoms with van der Waals surface area (Å²) in [5.74, 6) is 0.100. The van der Waals surface area contributed by atoms with Crippen LogP contribution in [-0.4, -0.2) is 47.7 Å². The number of aromatic nitrogens is 1. The molecule has 4 rings (SSSR count). The van der Waals surface area contributed by atoms with Gasteiger partial charge in [-0.2, -0.15) is 0 Å². The molecular weight excluding hydrogens is 448 g/mol. The Bertz CT molecular complexity index is 1110. The van der Waals surface area contributed by atoms with Crippen molar-refractivity contribution in [2.45, 2.75) is 44.9 Å². The van der Waals surface area contributed by atoms with Gasteiger partial charge in [0.2, 0.25) is 0 Å². The molecule has 2 heterocycles. The molecule has 180 valence electrons. The number of ether oxygens (including phenoxy) is 1. The van der Waals surface area contributed by atoms with Crippen LogP contribution < -0.4 is 4.74 Å². The van der Waals surface area contributed by atoms with E-state index in [1.807, 2.05) is 24.3 Å². The molecule has 34 heavy (non-hydrogen) atoms. The second kappa shape index (κ2) is 11.2. The quantitative estimate of drug-likeness (QED) is 0.384. The number of piperidine rings is 1. The van der Waals surface area contributed by atoms with Crippen LogP contribution in [0.25, 0.3) is 10.9 Å². The van der Waals surface area contributed by atoms with Gasteiger partial charge in [0.05, 0.1) is 23.1 Å². The number of likely N-dealkylation sites (tertiary alicyclic amines) is 1. The van der Waals surface area contributed by atoms with E-state index in [9.17, 15) is 9.90 Å². The van der Waals surface area contributed by atoms with Crippen LogP contribution in [0.5, 0.6) is 5.75 Å². The van der Waals surface area contributed by atoms with Crippen molar-refractivity contribution in [1.82, 2.24) is 9.88 Å². The zero-order valence-electron chi connectivity index (χ0n) is 19.8. The lowest BCUT2D eigenvalue weighted by molar-refractivity contribution is -0.152. The van der Waals surface area contributed by atoms with Crippen molar-refractivity contribution in [2.75, 3.05) is 26.7 Å². The van der Waals surface area contributed by atoms with Gasteiger partial charge in [-0.05, 0) is 93.9 Å². The molecule has 1 aliphatic heterocycles. The molecular formula is C28H33ClN2O3. The lowest BCUT2D eigenvalue weighted by Gasteiger charge is -2.39. The summed E-state index contributed by atoms with van der Waals surface area (Å²) in [6.45, 7) is 2.71. The molecule has 1 fully saturated rings. The third-order valence-electron chi connectivity index (χ3n) is 7.27. The second-order valence-corrected chi connectivity index (χ2v) is 9.74. The summed E-state index contributed by atoms with van der Waals surface area (Å²) >= 11 is 6.50. The SMILES string of the molecule is COc1ccc2ncc(Cl)c(CCCC3(C(=O)O)CCN(CCCc4ccccc4)CC3)c2c1. The molecule has 0 bridgehead atoms. The maximum Gasteiger partial charge on any atom is 0.309 e. The zero-order chi connectivity index (χ0) is 24.0. The highest BCUT2D eigenvalue weighted by Crippen LogP contribution is 2.38. The Kier molecular flexibility index (Phi) is 8.07. The first-order chi connectivity index (χ1) is 16.5. The van der Waals surface area contributed by atoms with Crippen LogP contribution in [0.4, 0.5) is 0 Å². The summed E-state index contributed by atoms with van der Waals surface area (Å²) in [6, 6.07) is 16.3. The number of carboxylic acid groups (broad SMARTS) is 1. The van der Waals surface area contributed by atoms with Gasteiger partial charge in [0.15, 0.2) is 0 Å². The summed E-state index contributed by atoms with van der Waals surface area (Å²) in [6.07, 6.45) is 7.40. The third kappa shape index (κ3) is 5.70. The van der Waals surface area contributed by atoms with Gasteiger partial charge in [-0.1, -0.05) is 41.9 Å². The summed E-state index contributed by atoms with van der Waals surface area (Å²) in [4.78, 5) is 19.2. The van der Waals surface area contributed by atoms with Crippen LogP contribution in [-0.2, 0) is 17.6 Å². The van der Waals surface area contributed by atoms with Gasteiger partial charge >= 0.3 is 5.97 Å². The van der Waals surface area contributed by atoms with Crippen LogP contribution in [0.3, 0.4) is 0 Å². The van der Waals surface area contributed by atoms with E-state index in [2.05, 4.69) is 34.1 Å². The Morgan fingerprint density at radius 3 is 2.59 bits per heavy atom. The van der Waals surface area contributed by atoms with E-state index in [0.29, 0.717) is 24.3 Å². The Morgan fingerprint density at radius 2 is 1.88 bits per heavy atom. The van der Waals surface area contributed by atoms with Gasteiger partial charge in [0.25, 0.3) is 0 Å². The topological polar surface area (TPSA) is 62.7 Å². The number of fused-ring (bicyclic) bond motifs is 1. The molecule has 0 unspecified atom stereocenters. The van der Waals surface area contributed by atoms with Crippen molar-refractivity contribution in [3.8, 4) is 5.75 Å². The number of rotatable bonds is 10. The van der Waals surface area contributed by atoms with E-state index < -0.39 is 11.4 Å². The van der Waals surface area contributed by atoms with Crippen molar-refractivity contribution in [3.63, 3.8) is 0 Å². The van der Waals surface area contributed by atoms with E-state index in [0.717, 1.165) is 67.5 Å². The molecule has 5 nitrogen and oxygen atoms in total. The number of carbonyl (C=O) groups is 1. The number of halogens is 1. The molecule has 1 N–H and O–H groups in total. The zero-order valence-corrected chi connectivity index (χ0v) is 20.6. The maximum absolute atomic E-state index is 12.3. The number of hydrogen-bond acceptors (Lipinski definition) is 4. The molecule has 3 aromatic rings. The van der Waals surface area contributed by atoms with Gasteiger partial charge in [-0.15, -0.1) is 0 Å². The maximum atomic E-state index is 12.3. The molecule has 0 saturated carbocycles. The highest BCUT2D eigenvalue weighted by atomic mass is 35.5. The molecule has 2 aromatic carbocycles. The first-order valence-electron chi connectivity index (χ1n) is 12.1. The Labute approximate surface area is 206 Å². The molecule has 0 aliphatic carbocycles. The molecule has 0 radical (unpaired) electrons. The number of nitrogens with zero attached hydrogens (tertiary/aromatic N) is 2. The lowest BCUT2D eigenvalue weighted by Crippen LogP contribution is -2.44. The predicted molar refractivity (Wildman–Crippen MR) is 137 cm³/mol. The normalized spacial score (nSPS) is 15.9. The van der Waals surface area contributed by atoms with E-state index in [1.54, 1.807) is 13.3 Å². The van der Waals surface area contributed by atoms with Crippen LogP contribution >= 0.6 is 11.6 Å². The molecule has 1 aromatic heterocycles. The fraction of sp³-hybridized carbons (Fsp3) is 0.429. The predicted octanol–water partition coefficient (Wildman–Crippen LogP) is 6.02. The smallest absolute Gasteiger partial charge is 0.309 e. The molecule has 0 spiro atoms. The Balaban J connectivity index is 1.34. The van der Waals surface area contributed by atoms with Crippen molar-refractivity contribution < 1.29 is 14.6 Å². The van der Waals surface area contributed by atoms with Gasteiger partial charge in [0.1, 0.15) is 5.75 Å². The lowest BCUT2D eigenvalue weighted by atomic mass is 9.74. The molecule has 6 heteroatoms. The van der Waals surface area contributed by atoms with Crippen LogP contribution in [0.2, 0.25) is 5.02 Å². The minimum Gasteiger partial charge on any atom is -0.497 e. The van der Waals surface area contributed by atoms with Gasteiger partial charge in [0, 0.05) is 11.6 Å². The Hall–Kier alpha value is -2.63. The minimum absolute atomic E-state index is 0.623. The average Bonchev–Trinajstić information content (AvgIpc) is 2.86. The minimum atomic E-state index is -0.663. The standard InChI is InChI=1S/C28H33ClN2O3/c1-34-22-11-12-26-24(19-22)23(25(29)20-30-26)10-5-13-28(27(32)33)14-17-31(18-15-28)16-6-9-21-7-3-2-4-8-21/h2-4,7-8,11-12,19-20H,5-6,9-10,13-18H2,1H3,(H,32,33). The van der Waals surface area contributed by atoms with Crippen LogP contribution in [0.1, 0.15) is 43.2 Å². The summed E-state index contributed by atoms with van der Waals surface area (Å²) < 4.78 is 5.37. The van der Waals surface area contributed by atoms with E-state index in [1.165, 1.54) is 5.56 Å². The Morgan fingerprint density at radius 1 is 1.12 bits per heavy atom. The summed E-state index contributed by atoms with van der Waals surface area (Å²) in [5, 5.41) is 11.7. The summed E-state index contributed by atoms with van der Waals surface area (Å²) in [5.41, 5.74) is 2.60. The fourth-order valence-electron chi connectivity index (χ4n) is 5.11. The molecule has 1 saturated heterocycles. The average molecular weight is 481 g/mol. The van der Waals surface area contributed by atoms with Crippen molar-refractivity contribution in [2.24, 2.45) is 5.41 Å². The fourth-order valence-corrected chi connectivity index (χ4v) is 5.36. The summed E-state index contributed by atoms with van der Waals surface area (Å²) in [7, 11) is 1.64. The van der Waals surface area contributed by atoms with Gasteiger partial charge < -0.3 is 14.7 Å². The first-order valence-corrected chi connectivity index (χ1v) is 12.5. The van der Waals surface area contributed by atoms with Gasteiger partial charge in [-0.3, -0.25) is 9.78 Å².